The van der Waals surface area contributed by atoms with E-state index >= 15 is 0 Å². The van der Waals surface area contributed by atoms with Gasteiger partial charge < -0.3 is 9.84 Å². The molecule has 1 N–H and O–H groups in total. The monoisotopic (exact) mass is 359 g/mol. The van der Waals surface area contributed by atoms with Gasteiger partial charge in [-0.25, -0.2) is 8.42 Å². The lowest BCUT2D eigenvalue weighted by Gasteiger charge is -2.31. The number of carboxylic acids is 1. The van der Waals surface area contributed by atoms with E-state index < -0.39 is 22.0 Å². The molecule has 23 heavy (non-hydrogen) atoms. The average molecular weight is 359 g/mol. The third kappa shape index (κ3) is 4.39. The van der Waals surface area contributed by atoms with Crippen LogP contribution in [-0.4, -0.2) is 54.5 Å². The maximum Gasteiger partial charge on any atom is 0.322 e. The second kappa shape index (κ2) is 8.03. The van der Waals surface area contributed by atoms with Gasteiger partial charge >= 0.3 is 5.97 Å². The fraction of sp³-hybridized carbons (Fsp3) is 0.533. The van der Waals surface area contributed by atoms with Crippen molar-refractivity contribution in [3.8, 4) is 5.75 Å². The van der Waals surface area contributed by atoms with E-state index in [-0.39, 0.29) is 17.2 Å². The second-order valence-corrected chi connectivity index (χ2v) is 8.26. The van der Waals surface area contributed by atoms with Crippen molar-refractivity contribution in [2.24, 2.45) is 0 Å². The first-order chi connectivity index (χ1) is 11.0. The Labute approximate surface area is 140 Å². The largest absolute Gasteiger partial charge is 0.494 e. The van der Waals surface area contributed by atoms with Crippen LogP contribution in [0.15, 0.2) is 29.2 Å². The molecule has 1 aromatic carbocycles. The zero-order chi connectivity index (χ0) is 16.9. The fourth-order valence-electron chi connectivity index (χ4n) is 2.25. The minimum atomic E-state index is -3.81. The van der Waals surface area contributed by atoms with Crippen LogP contribution >= 0.6 is 11.8 Å². The molecule has 8 heteroatoms. The molecule has 0 amide bonds. The number of hydrogen-bond acceptors (Lipinski definition) is 5. The molecule has 0 radical (unpaired) electrons. The number of benzene rings is 1. The molecule has 0 aromatic heterocycles. The lowest BCUT2D eigenvalue weighted by molar-refractivity contribution is -0.140. The van der Waals surface area contributed by atoms with Crippen molar-refractivity contribution >= 4 is 27.8 Å². The zero-order valence-electron chi connectivity index (χ0n) is 13.0. The Morgan fingerprint density at radius 3 is 2.70 bits per heavy atom. The van der Waals surface area contributed by atoms with Crippen LogP contribution in [0, 0.1) is 0 Å². The molecular formula is C15H21NO5S2. The SMILES string of the molecule is CCCCOc1ccc(S(=O)(=O)N2CCSCC2C(=O)O)cc1. The van der Waals surface area contributed by atoms with Gasteiger partial charge in [-0.15, -0.1) is 0 Å². The van der Waals surface area contributed by atoms with Gasteiger partial charge in [0.1, 0.15) is 11.8 Å². The summed E-state index contributed by atoms with van der Waals surface area (Å²) in [5.41, 5.74) is 0. The number of sulfonamides is 1. The van der Waals surface area contributed by atoms with Crippen LogP contribution in [0.3, 0.4) is 0 Å². The Balaban J connectivity index is 2.16. The number of rotatable bonds is 7. The Kier molecular flexibility index (Phi) is 6.32. The number of thioether (sulfide) groups is 1. The summed E-state index contributed by atoms with van der Waals surface area (Å²) in [7, 11) is -3.81. The predicted octanol–water partition coefficient (Wildman–Crippen LogP) is 2.06. The summed E-state index contributed by atoms with van der Waals surface area (Å²) in [6, 6.07) is 5.14. The summed E-state index contributed by atoms with van der Waals surface area (Å²) in [4.78, 5) is 11.4. The summed E-state index contributed by atoms with van der Waals surface area (Å²) >= 11 is 1.45. The van der Waals surface area contributed by atoms with Gasteiger partial charge in [-0.2, -0.15) is 16.1 Å². The Bertz CT molecular complexity index is 630. The predicted molar refractivity (Wildman–Crippen MR) is 89.5 cm³/mol. The van der Waals surface area contributed by atoms with Gasteiger partial charge in [-0.05, 0) is 30.7 Å². The molecule has 1 aliphatic rings. The van der Waals surface area contributed by atoms with Gasteiger partial charge in [0.25, 0.3) is 0 Å². The van der Waals surface area contributed by atoms with Crippen LogP contribution in [-0.2, 0) is 14.8 Å². The molecule has 6 nitrogen and oxygen atoms in total. The quantitative estimate of drug-likeness (QED) is 0.750. The third-order valence-electron chi connectivity index (χ3n) is 3.56. The van der Waals surface area contributed by atoms with Gasteiger partial charge in [0.2, 0.25) is 10.0 Å². The smallest absolute Gasteiger partial charge is 0.322 e. The molecule has 1 saturated heterocycles. The molecular weight excluding hydrogens is 338 g/mol. The van der Waals surface area contributed by atoms with Crippen molar-refractivity contribution < 1.29 is 23.1 Å². The Morgan fingerprint density at radius 2 is 2.09 bits per heavy atom. The van der Waals surface area contributed by atoms with Crippen molar-refractivity contribution in [1.29, 1.82) is 0 Å². The van der Waals surface area contributed by atoms with Gasteiger partial charge in [-0.3, -0.25) is 4.79 Å². The number of carboxylic acid groups (broad SMARTS) is 1. The summed E-state index contributed by atoms with van der Waals surface area (Å²) < 4.78 is 32.0. The molecule has 0 bridgehead atoms. The summed E-state index contributed by atoms with van der Waals surface area (Å²) in [6.45, 7) is 2.86. The zero-order valence-corrected chi connectivity index (χ0v) is 14.6. The van der Waals surface area contributed by atoms with Crippen LogP contribution in [0.25, 0.3) is 0 Å². The molecule has 1 atom stereocenters. The Morgan fingerprint density at radius 1 is 1.39 bits per heavy atom. The number of nitrogens with zero attached hydrogens (tertiary/aromatic N) is 1. The minimum Gasteiger partial charge on any atom is -0.494 e. The topological polar surface area (TPSA) is 83.9 Å². The van der Waals surface area contributed by atoms with Gasteiger partial charge in [0, 0.05) is 18.1 Å². The lowest BCUT2D eigenvalue weighted by atomic mass is 10.3. The second-order valence-electron chi connectivity index (χ2n) is 5.22. The van der Waals surface area contributed by atoms with E-state index in [1.807, 2.05) is 0 Å². The maximum absolute atomic E-state index is 12.7. The summed E-state index contributed by atoms with van der Waals surface area (Å²) in [5.74, 6) is 0.371. The van der Waals surface area contributed by atoms with E-state index in [9.17, 15) is 18.3 Å². The standard InChI is InChI=1S/C15H21NO5S2/c1-2-3-9-21-12-4-6-13(7-5-12)23(19,20)16-8-10-22-11-14(16)15(17)18/h4-7,14H,2-3,8-11H2,1H3,(H,17,18). The van der Waals surface area contributed by atoms with Crippen molar-refractivity contribution in [2.45, 2.75) is 30.7 Å². The summed E-state index contributed by atoms with van der Waals surface area (Å²) in [6.07, 6.45) is 1.96. The van der Waals surface area contributed by atoms with E-state index in [1.165, 1.54) is 23.9 Å². The average Bonchev–Trinajstić information content (AvgIpc) is 2.55. The molecule has 0 saturated carbocycles. The first-order valence-electron chi connectivity index (χ1n) is 7.52. The molecule has 0 spiro atoms. The van der Waals surface area contributed by atoms with Crippen molar-refractivity contribution in [2.75, 3.05) is 24.7 Å². The van der Waals surface area contributed by atoms with Crippen LogP contribution in [0.4, 0.5) is 0 Å². The molecule has 1 unspecified atom stereocenters. The minimum absolute atomic E-state index is 0.0958. The first kappa shape index (κ1) is 18.1. The van der Waals surface area contributed by atoms with Gasteiger partial charge in [0.15, 0.2) is 0 Å². The fourth-order valence-corrected chi connectivity index (χ4v) is 5.08. The summed E-state index contributed by atoms with van der Waals surface area (Å²) in [5, 5.41) is 9.24. The van der Waals surface area contributed by atoms with Crippen LogP contribution in [0.5, 0.6) is 5.75 Å². The number of unbranched alkanes of at least 4 members (excludes halogenated alkanes) is 1. The molecule has 1 fully saturated rings. The molecule has 2 rings (SSSR count). The van der Waals surface area contributed by atoms with Crippen molar-refractivity contribution in [3.63, 3.8) is 0 Å². The van der Waals surface area contributed by atoms with E-state index in [0.717, 1.165) is 17.1 Å². The number of carbonyl (C=O) groups is 1. The Hall–Kier alpha value is -1.25. The van der Waals surface area contributed by atoms with E-state index in [1.54, 1.807) is 12.1 Å². The highest BCUT2D eigenvalue weighted by Gasteiger charge is 2.37. The highest BCUT2D eigenvalue weighted by Crippen LogP contribution is 2.26. The van der Waals surface area contributed by atoms with Crippen LogP contribution in [0.2, 0.25) is 0 Å². The molecule has 1 aliphatic heterocycles. The highest BCUT2D eigenvalue weighted by atomic mass is 32.2. The molecule has 128 valence electrons. The number of aliphatic carboxylic acids is 1. The molecule has 1 heterocycles. The van der Waals surface area contributed by atoms with Gasteiger partial charge in [0.05, 0.1) is 11.5 Å². The van der Waals surface area contributed by atoms with Crippen molar-refractivity contribution in [3.05, 3.63) is 24.3 Å². The van der Waals surface area contributed by atoms with Crippen molar-refractivity contribution in [1.82, 2.24) is 4.31 Å². The van der Waals surface area contributed by atoms with Crippen LogP contribution < -0.4 is 4.74 Å². The van der Waals surface area contributed by atoms with Gasteiger partial charge in [-0.1, -0.05) is 13.3 Å². The van der Waals surface area contributed by atoms with Crippen LogP contribution in [0.1, 0.15) is 19.8 Å². The first-order valence-corrected chi connectivity index (χ1v) is 10.1. The normalized spacial score (nSPS) is 19.4. The molecule has 1 aromatic rings. The number of ether oxygens (including phenoxy) is 1. The van der Waals surface area contributed by atoms with E-state index in [0.29, 0.717) is 18.1 Å². The lowest BCUT2D eigenvalue weighted by Crippen LogP contribution is -2.50. The molecule has 0 aliphatic carbocycles. The number of hydrogen-bond donors (Lipinski definition) is 1. The highest BCUT2D eigenvalue weighted by molar-refractivity contribution is 7.99. The third-order valence-corrected chi connectivity index (χ3v) is 6.51. The van der Waals surface area contributed by atoms with E-state index in [4.69, 9.17) is 4.74 Å². The van der Waals surface area contributed by atoms with E-state index in [2.05, 4.69) is 6.92 Å². The maximum atomic E-state index is 12.7.